The van der Waals surface area contributed by atoms with Crippen molar-refractivity contribution in [3.8, 4) is 5.75 Å². The summed E-state index contributed by atoms with van der Waals surface area (Å²) in [5.41, 5.74) is 0.283. The maximum atomic E-state index is 11.8. The van der Waals surface area contributed by atoms with Crippen LogP contribution < -0.4 is 15.4 Å². The van der Waals surface area contributed by atoms with E-state index < -0.39 is 24.0 Å². The molecule has 1 atom stereocenters. The molecule has 20 heavy (non-hydrogen) atoms. The third kappa shape index (κ3) is 4.27. The molecule has 0 fully saturated rings. The van der Waals surface area contributed by atoms with Gasteiger partial charge in [0.1, 0.15) is 5.75 Å². The van der Waals surface area contributed by atoms with Crippen LogP contribution in [0, 0.1) is 0 Å². The molecule has 3 amide bonds. The van der Waals surface area contributed by atoms with E-state index in [0.29, 0.717) is 5.75 Å². The zero-order valence-electron chi connectivity index (χ0n) is 11.4. The monoisotopic (exact) mass is 280 g/mol. The summed E-state index contributed by atoms with van der Waals surface area (Å²) in [5, 5.41) is 4.24. The molecule has 7 nitrogen and oxygen atoms in total. The lowest BCUT2D eigenvalue weighted by molar-refractivity contribution is -0.127. The van der Waals surface area contributed by atoms with E-state index in [9.17, 15) is 14.4 Å². The lowest BCUT2D eigenvalue weighted by Crippen LogP contribution is -2.43. The second-order valence-corrected chi connectivity index (χ2v) is 3.84. The number of hydrogen-bond donors (Lipinski definition) is 2. The number of amides is 3. The summed E-state index contributed by atoms with van der Waals surface area (Å²) < 4.78 is 9.91. The normalized spacial score (nSPS) is 11.2. The fourth-order valence-electron chi connectivity index (χ4n) is 1.29. The Labute approximate surface area is 116 Å². The minimum absolute atomic E-state index is 0.283. The average Bonchev–Trinajstić information content (AvgIpc) is 2.46. The molecule has 0 aliphatic carbocycles. The quantitative estimate of drug-likeness (QED) is 0.792. The second-order valence-electron chi connectivity index (χ2n) is 3.84. The van der Waals surface area contributed by atoms with Crippen LogP contribution >= 0.6 is 0 Å². The smallest absolute Gasteiger partial charge is 0.338 e. The third-order valence-electron chi connectivity index (χ3n) is 2.44. The van der Waals surface area contributed by atoms with Gasteiger partial charge in [-0.05, 0) is 31.2 Å². The number of hydrogen-bond acceptors (Lipinski definition) is 5. The predicted molar refractivity (Wildman–Crippen MR) is 70.5 cm³/mol. The zero-order valence-corrected chi connectivity index (χ0v) is 11.4. The van der Waals surface area contributed by atoms with Crippen molar-refractivity contribution in [2.45, 2.75) is 13.0 Å². The number of carbonyl (C=O) groups excluding carboxylic acids is 3. The average molecular weight is 280 g/mol. The topological polar surface area (TPSA) is 93.7 Å². The van der Waals surface area contributed by atoms with Crippen molar-refractivity contribution in [2.24, 2.45) is 0 Å². The number of ether oxygens (including phenoxy) is 2. The molecule has 0 spiro atoms. The van der Waals surface area contributed by atoms with Gasteiger partial charge in [0.15, 0.2) is 6.10 Å². The van der Waals surface area contributed by atoms with Gasteiger partial charge in [-0.25, -0.2) is 9.59 Å². The Hall–Kier alpha value is -2.57. The standard InChI is InChI=1S/C13H16N2O5/c1-8(11(16)15-13(18)14-2)20-12(17)9-4-6-10(19-3)7-5-9/h4-8H,1-3H3,(H2,14,15,16,18)/t8-/m0/s1. The van der Waals surface area contributed by atoms with Gasteiger partial charge >= 0.3 is 12.0 Å². The minimum atomic E-state index is -1.08. The van der Waals surface area contributed by atoms with Crippen molar-refractivity contribution in [2.75, 3.05) is 14.2 Å². The first-order valence-corrected chi connectivity index (χ1v) is 5.85. The first-order valence-electron chi connectivity index (χ1n) is 5.85. The van der Waals surface area contributed by atoms with Crippen molar-refractivity contribution in [1.82, 2.24) is 10.6 Å². The van der Waals surface area contributed by atoms with Gasteiger partial charge in [0.05, 0.1) is 12.7 Å². The van der Waals surface area contributed by atoms with Crippen molar-refractivity contribution in [1.29, 1.82) is 0 Å². The number of urea groups is 1. The fourth-order valence-corrected chi connectivity index (χ4v) is 1.29. The van der Waals surface area contributed by atoms with Gasteiger partial charge in [-0.1, -0.05) is 0 Å². The highest BCUT2D eigenvalue weighted by Crippen LogP contribution is 2.12. The molecule has 1 rings (SSSR count). The minimum Gasteiger partial charge on any atom is -0.497 e. The molecule has 0 saturated heterocycles. The molecular formula is C13H16N2O5. The van der Waals surface area contributed by atoms with Crippen molar-refractivity contribution >= 4 is 17.9 Å². The van der Waals surface area contributed by atoms with E-state index in [1.54, 1.807) is 12.1 Å². The molecule has 0 aliphatic rings. The van der Waals surface area contributed by atoms with E-state index >= 15 is 0 Å². The second kappa shape index (κ2) is 7.13. The highest BCUT2D eigenvalue weighted by Gasteiger charge is 2.20. The molecule has 1 aromatic carbocycles. The van der Waals surface area contributed by atoms with Crippen LogP contribution in [0.15, 0.2) is 24.3 Å². The summed E-state index contributed by atoms with van der Waals surface area (Å²) in [6.45, 7) is 1.37. The molecule has 0 radical (unpaired) electrons. The number of rotatable bonds is 4. The summed E-state index contributed by atoms with van der Waals surface area (Å²) in [4.78, 5) is 34.2. The van der Waals surface area contributed by atoms with E-state index in [1.807, 2.05) is 5.32 Å². The van der Waals surface area contributed by atoms with E-state index in [1.165, 1.54) is 33.2 Å². The molecule has 0 aromatic heterocycles. The van der Waals surface area contributed by atoms with Gasteiger partial charge in [0.25, 0.3) is 5.91 Å². The van der Waals surface area contributed by atoms with Crippen molar-refractivity contribution < 1.29 is 23.9 Å². The molecule has 2 N–H and O–H groups in total. The number of imide groups is 1. The van der Waals surface area contributed by atoms with Crippen LogP contribution in [0.2, 0.25) is 0 Å². The summed E-state index contributed by atoms with van der Waals surface area (Å²) >= 11 is 0. The maximum Gasteiger partial charge on any atom is 0.338 e. The Kier molecular flexibility index (Phi) is 5.52. The molecule has 0 saturated carbocycles. The number of esters is 1. The number of methoxy groups -OCH3 is 1. The Morgan fingerprint density at radius 1 is 1.15 bits per heavy atom. The molecule has 0 heterocycles. The van der Waals surface area contributed by atoms with Crippen LogP contribution in [0.25, 0.3) is 0 Å². The predicted octanol–water partition coefficient (Wildman–Crippen LogP) is 0.696. The van der Waals surface area contributed by atoms with Gasteiger partial charge in [-0.3, -0.25) is 10.1 Å². The Morgan fingerprint density at radius 2 is 1.75 bits per heavy atom. The van der Waals surface area contributed by atoms with Gasteiger partial charge in [0, 0.05) is 7.05 Å². The lowest BCUT2D eigenvalue weighted by atomic mass is 10.2. The van der Waals surface area contributed by atoms with Crippen LogP contribution in [0.1, 0.15) is 17.3 Å². The number of benzene rings is 1. The van der Waals surface area contributed by atoms with Crippen LogP contribution in [-0.4, -0.2) is 38.2 Å². The first-order chi connectivity index (χ1) is 9.47. The van der Waals surface area contributed by atoms with Gasteiger partial charge in [-0.2, -0.15) is 0 Å². The maximum absolute atomic E-state index is 11.8. The van der Waals surface area contributed by atoms with Crippen LogP contribution in [0.4, 0.5) is 4.79 Å². The highest BCUT2D eigenvalue weighted by atomic mass is 16.5. The van der Waals surface area contributed by atoms with E-state index in [-0.39, 0.29) is 5.56 Å². The van der Waals surface area contributed by atoms with Gasteiger partial charge in [0.2, 0.25) is 0 Å². The Morgan fingerprint density at radius 3 is 2.25 bits per heavy atom. The first kappa shape index (κ1) is 15.5. The largest absolute Gasteiger partial charge is 0.497 e. The SMILES string of the molecule is CNC(=O)NC(=O)[C@H](C)OC(=O)c1ccc(OC)cc1. The number of nitrogens with one attached hydrogen (secondary N) is 2. The molecule has 0 unspecified atom stereocenters. The fraction of sp³-hybridized carbons (Fsp3) is 0.308. The third-order valence-corrected chi connectivity index (χ3v) is 2.44. The number of carbonyl (C=O) groups is 3. The molecule has 0 bridgehead atoms. The lowest BCUT2D eigenvalue weighted by Gasteiger charge is -2.12. The van der Waals surface area contributed by atoms with Crippen LogP contribution in [-0.2, 0) is 9.53 Å². The summed E-state index contributed by atoms with van der Waals surface area (Å²) in [6, 6.07) is 5.58. The molecule has 108 valence electrons. The molecule has 7 heteroatoms. The Balaban J connectivity index is 2.60. The molecule has 0 aliphatic heterocycles. The molecule has 1 aromatic rings. The van der Waals surface area contributed by atoms with Crippen molar-refractivity contribution in [3.05, 3.63) is 29.8 Å². The highest BCUT2D eigenvalue weighted by molar-refractivity contribution is 5.98. The molecular weight excluding hydrogens is 264 g/mol. The van der Waals surface area contributed by atoms with Crippen molar-refractivity contribution in [3.63, 3.8) is 0 Å². The summed E-state index contributed by atoms with van der Waals surface area (Å²) in [6.07, 6.45) is -1.08. The van der Waals surface area contributed by atoms with E-state index in [0.717, 1.165) is 0 Å². The summed E-state index contributed by atoms with van der Waals surface area (Å²) in [5.74, 6) is -0.759. The zero-order chi connectivity index (χ0) is 15.1. The Bertz CT molecular complexity index is 498. The van der Waals surface area contributed by atoms with Crippen LogP contribution in [0.3, 0.4) is 0 Å². The van der Waals surface area contributed by atoms with Gasteiger partial charge in [-0.15, -0.1) is 0 Å². The van der Waals surface area contributed by atoms with Crippen LogP contribution in [0.5, 0.6) is 5.75 Å². The summed E-state index contributed by atoms with van der Waals surface area (Å²) in [7, 11) is 2.88. The van der Waals surface area contributed by atoms with E-state index in [2.05, 4.69) is 5.32 Å². The van der Waals surface area contributed by atoms with Gasteiger partial charge < -0.3 is 14.8 Å². The van der Waals surface area contributed by atoms with E-state index in [4.69, 9.17) is 9.47 Å².